The molecule has 0 bridgehead atoms. The summed E-state index contributed by atoms with van der Waals surface area (Å²) in [6, 6.07) is 12.7. The van der Waals surface area contributed by atoms with E-state index in [0.717, 1.165) is 5.56 Å². The SMILES string of the molecule is CCN(Cc1ccccc1)S(=O)(=O)c1ccc(OC)c(C)c1OC. The minimum absolute atomic E-state index is 0.154. The van der Waals surface area contributed by atoms with Gasteiger partial charge in [-0.1, -0.05) is 37.3 Å². The lowest BCUT2D eigenvalue weighted by molar-refractivity contribution is 0.375. The van der Waals surface area contributed by atoms with Gasteiger partial charge in [0, 0.05) is 18.7 Å². The van der Waals surface area contributed by atoms with Crippen LogP contribution in [0.1, 0.15) is 18.1 Å². The highest BCUT2D eigenvalue weighted by Crippen LogP contribution is 2.35. The smallest absolute Gasteiger partial charge is 0.247 e. The van der Waals surface area contributed by atoms with Crippen molar-refractivity contribution in [3.63, 3.8) is 0 Å². The third-order valence-electron chi connectivity index (χ3n) is 3.92. The monoisotopic (exact) mass is 349 g/mol. The van der Waals surface area contributed by atoms with Crippen molar-refractivity contribution in [2.45, 2.75) is 25.3 Å². The minimum Gasteiger partial charge on any atom is -0.496 e. The van der Waals surface area contributed by atoms with Gasteiger partial charge in [-0.2, -0.15) is 4.31 Å². The molecule has 0 saturated carbocycles. The zero-order valence-corrected chi connectivity index (χ0v) is 15.3. The van der Waals surface area contributed by atoms with Gasteiger partial charge in [0.2, 0.25) is 10.0 Å². The molecule has 6 heteroatoms. The van der Waals surface area contributed by atoms with Crippen LogP contribution in [-0.2, 0) is 16.6 Å². The van der Waals surface area contributed by atoms with Crippen LogP contribution in [-0.4, -0.2) is 33.5 Å². The van der Waals surface area contributed by atoms with E-state index in [1.807, 2.05) is 37.3 Å². The molecule has 0 aliphatic carbocycles. The molecule has 0 fully saturated rings. The van der Waals surface area contributed by atoms with E-state index in [0.29, 0.717) is 30.2 Å². The molecule has 0 radical (unpaired) electrons. The molecule has 24 heavy (non-hydrogen) atoms. The summed E-state index contributed by atoms with van der Waals surface area (Å²) >= 11 is 0. The van der Waals surface area contributed by atoms with Gasteiger partial charge in [-0.3, -0.25) is 0 Å². The second kappa shape index (κ2) is 7.68. The Bertz CT molecular complexity index is 788. The Kier molecular flexibility index (Phi) is 5.85. The molecule has 0 amide bonds. The average molecular weight is 349 g/mol. The maximum Gasteiger partial charge on any atom is 0.247 e. The van der Waals surface area contributed by atoms with E-state index in [2.05, 4.69) is 0 Å². The van der Waals surface area contributed by atoms with Crippen molar-refractivity contribution in [1.29, 1.82) is 0 Å². The van der Waals surface area contributed by atoms with Crippen LogP contribution in [0.4, 0.5) is 0 Å². The predicted molar refractivity (Wildman–Crippen MR) is 94.0 cm³/mol. The standard InChI is InChI=1S/C18H23NO4S/c1-5-19(13-15-9-7-6-8-10-15)24(20,21)17-12-11-16(22-3)14(2)18(17)23-4/h6-12H,5,13H2,1-4H3. The zero-order valence-electron chi connectivity index (χ0n) is 14.4. The van der Waals surface area contributed by atoms with Gasteiger partial charge in [0.25, 0.3) is 0 Å². The Morgan fingerprint density at radius 3 is 2.21 bits per heavy atom. The fraction of sp³-hybridized carbons (Fsp3) is 0.333. The summed E-state index contributed by atoms with van der Waals surface area (Å²) in [7, 11) is -0.675. The number of rotatable bonds is 7. The molecule has 0 spiro atoms. The third-order valence-corrected chi connectivity index (χ3v) is 5.86. The molecule has 0 heterocycles. The molecule has 5 nitrogen and oxygen atoms in total. The first-order valence-corrected chi connectivity index (χ1v) is 9.15. The number of hydrogen-bond donors (Lipinski definition) is 0. The van der Waals surface area contributed by atoms with Crippen molar-refractivity contribution < 1.29 is 17.9 Å². The van der Waals surface area contributed by atoms with Crippen LogP contribution in [0.15, 0.2) is 47.4 Å². The van der Waals surface area contributed by atoms with Gasteiger partial charge in [0.15, 0.2) is 0 Å². The first-order chi connectivity index (χ1) is 11.5. The summed E-state index contributed by atoms with van der Waals surface area (Å²) in [4.78, 5) is 0.154. The van der Waals surface area contributed by atoms with E-state index in [4.69, 9.17) is 9.47 Å². The maximum atomic E-state index is 13.1. The Balaban J connectivity index is 2.46. The first-order valence-electron chi connectivity index (χ1n) is 7.71. The lowest BCUT2D eigenvalue weighted by Gasteiger charge is -2.23. The van der Waals surface area contributed by atoms with E-state index in [1.165, 1.54) is 17.5 Å². The van der Waals surface area contributed by atoms with Gasteiger partial charge >= 0.3 is 0 Å². The largest absolute Gasteiger partial charge is 0.496 e. The number of ether oxygens (including phenoxy) is 2. The molecule has 0 unspecified atom stereocenters. The Morgan fingerprint density at radius 1 is 1.00 bits per heavy atom. The van der Waals surface area contributed by atoms with Crippen molar-refractivity contribution in [1.82, 2.24) is 4.31 Å². The van der Waals surface area contributed by atoms with Gasteiger partial charge in [0.1, 0.15) is 16.4 Å². The summed E-state index contributed by atoms with van der Waals surface area (Å²) in [5.41, 5.74) is 1.60. The third kappa shape index (κ3) is 3.55. The quantitative estimate of drug-likeness (QED) is 0.770. The van der Waals surface area contributed by atoms with Gasteiger partial charge in [-0.05, 0) is 24.6 Å². The van der Waals surface area contributed by atoms with Crippen LogP contribution in [0.3, 0.4) is 0 Å². The fourth-order valence-corrected chi connectivity index (χ4v) is 4.27. The zero-order chi connectivity index (χ0) is 17.7. The maximum absolute atomic E-state index is 13.1. The Hall–Kier alpha value is -2.05. The Labute approximate surface area is 143 Å². The van der Waals surface area contributed by atoms with E-state index in [9.17, 15) is 8.42 Å². The highest BCUT2D eigenvalue weighted by Gasteiger charge is 2.28. The van der Waals surface area contributed by atoms with Crippen molar-refractivity contribution >= 4 is 10.0 Å². The summed E-state index contributed by atoms with van der Waals surface area (Å²) < 4.78 is 38.3. The molecule has 0 aliphatic heterocycles. The summed E-state index contributed by atoms with van der Waals surface area (Å²) in [5, 5.41) is 0. The molecule has 0 aromatic heterocycles. The Morgan fingerprint density at radius 2 is 1.67 bits per heavy atom. The van der Waals surface area contributed by atoms with Crippen molar-refractivity contribution in [2.24, 2.45) is 0 Å². The second-order valence-corrected chi connectivity index (χ2v) is 7.25. The molecule has 2 aromatic rings. The highest BCUT2D eigenvalue weighted by molar-refractivity contribution is 7.89. The number of nitrogens with zero attached hydrogens (tertiary/aromatic N) is 1. The van der Waals surface area contributed by atoms with Crippen LogP contribution in [0.2, 0.25) is 0 Å². The molecular formula is C18H23NO4S. The number of methoxy groups -OCH3 is 2. The topological polar surface area (TPSA) is 55.8 Å². The normalized spacial score (nSPS) is 11.5. The lowest BCUT2D eigenvalue weighted by Crippen LogP contribution is -2.30. The molecule has 0 N–H and O–H groups in total. The van der Waals surface area contributed by atoms with E-state index < -0.39 is 10.0 Å². The number of benzene rings is 2. The van der Waals surface area contributed by atoms with Crippen LogP contribution in [0.5, 0.6) is 11.5 Å². The van der Waals surface area contributed by atoms with Gasteiger partial charge in [-0.15, -0.1) is 0 Å². The number of sulfonamides is 1. The van der Waals surface area contributed by atoms with Crippen LogP contribution >= 0.6 is 0 Å². The van der Waals surface area contributed by atoms with Crippen LogP contribution < -0.4 is 9.47 Å². The van der Waals surface area contributed by atoms with Gasteiger partial charge in [-0.25, -0.2) is 8.42 Å². The minimum atomic E-state index is -3.69. The first kappa shape index (κ1) is 18.3. The molecule has 130 valence electrons. The summed E-state index contributed by atoms with van der Waals surface area (Å²) in [6.07, 6.45) is 0. The van der Waals surface area contributed by atoms with E-state index >= 15 is 0 Å². The average Bonchev–Trinajstić information content (AvgIpc) is 2.60. The second-order valence-electron chi connectivity index (χ2n) is 5.34. The molecule has 2 aromatic carbocycles. The molecular weight excluding hydrogens is 326 g/mol. The molecule has 0 aliphatic rings. The van der Waals surface area contributed by atoms with Crippen molar-refractivity contribution in [3.05, 3.63) is 53.6 Å². The van der Waals surface area contributed by atoms with Crippen LogP contribution in [0.25, 0.3) is 0 Å². The fourth-order valence-electron chi connectivity index (χ4n) is 2.62. The van der Waals surface area contributed by atoms with Crippen molar-refractivity contribution in [2.75, 3.05) is 20.8 Å². The highest BCUT2D eigenvalue weighted by atomic mass is 32.2. The molecule has 2 rings (SSSR count). The molecule has 0 saturated heterocycles. The summed E-state index contributed by atoms with van der Waals surface area (Å²) in [5.74, 6) is 0.915. The van der Waals surface area contributed by atoms with Gasteiger partial charge in [0.05, 0.1) is 14.2 Å². The predicted octanol–water partition coefficient (Wildman–Crippen LogP) is 3.22. The molecule has 0 atom stereocenters. The van der Waals surface area contributed by atoms with Crippen LogP contribution in [0, 0.1) is 6.92 Å². The summed E-state index contributed by atoms with van der Waals surface area (Å²) in [6.45, 7) is 4.28. The number of hydrogen-bond acceptors (Lipinski definition) is 4. The van der Waals surface area contributed by atoms with Gasteiger partial charge < -0.3 is 9.47 Å². The van der Waals surface area contributed by atoms with E-state index in [1.54, 1.807) is 20.1 Å². The van der Waals surface area contributed by atoms with E-state index in [-0.39, 0.29) is 4.90 Å². The van der Waals surface area contributed by atoms with Crippen molar-refractivity contribution in [3.8, 4) is 11.5 Å². The lowest BCUT2D eigenvalue weighted by atomic mass is 10.2.